The fourth-order valence-electron chi connectivity index (χ4n) is 4.50. The average Bonchev–Trinajstić information content (AvgIpc) is 2.91. The fourth-order valence-corrected chi connectivity index (χ4v) is 7.20. The van der Waals surface area contributed by atoms with Crippen molar-refractivity contribution in [2.45, 2.75) is 143 Å². The molecule has 0 bridgehead atoms. The summed E-state index contributed by atoms with van der Waals surface area (Å²) in [6.45, 7) is 31.3. The summed E-state index contributed by atoms with van der Waals surface area (Å²) >= 11 is 0. The van der Waals surface area contributed by atoms with E-state index in [0.717, 1.165) is 19.3 Å². The van der Waals surface area contributed by atoms with E-state index in [-0.39, 0.29) is 33.6 Å². The minimum Gasteiger partial charge on any atom is -0.512 e. The molecule has 9 heteroatoms. The third kappa shape index (κ3) is 11.4. The fraction of sp³-hybridized carbons (Fsp3) is 0.694. The Kier molecular flexibility index (Phi) is 13.8. The summed E-state index contributed by atoms with van der Waals surface area (Å²) in [7, 11) is -4.27. The summed E-state index contributed by atoms with van der Waals surface area (Å²) in [5.74, 6) is 0.297. The molecule has 0 saturated carbocycles. The van der Waals surface area contributed by atoms with Gasteiger partial charge in [-0.3, -0.25) is 0 Å². The van der Waals surface area contributed by atoms with Crippen molar-refractivity contribution >= 4 is 22.7 Å². The summed E-state index contributed by atoms with van der Waals surface area (Å²) < 4.78 is 30.8. The highest BCUT2D eigenvalue weighted by Gasteiger charge is 2.42. The van der Waals surface area contributed by atoms with Gasteiger partial charge in [0, 0.05) is 30.4 Å². The number of hydrogen-bond donors (Lipinski definition) is 1. The maximum Gasteiger partial charge on any atom is 0.339 e. The average molecular weight is 663 g/mol. The number of rotatable bonds is 13. The molecular formula is C36H62O7Si2. The van der Waals surface area contributed by atoms with Crippen LogP contribution in [0.2, 0.25) is 36.3 Å². The molecule has 45 heavy (non-hydrogen) atoms. The maximum absolute atomic E-state index is 12.4. The van der Waals surface area contributed by atoms with Gasteiger partial charge >= 0.3 is 5.63 Å². The van der Waals surface area contributed by atoms with Gasteiger partial charge in [0.05, 0.1) is 24.9 Å². The first-order valence-corrected chi connectivity index (χ1v) is 22.4. The third-order valence-electron chi connectivity index (χ3n) is 9.87. The van der Waals surface area contributed by atoms with Gasteiger partial charge in [0.1, 0.15) is 17.3 Å². The highest BCUT2D eigenvalue weighted by atomic mass is 28.4. The summed E-state index contributed by atoms with van der Waals surface area (Å²) in [6, 6.07) is 2.92. The molecule has 2 rings (SSSR count). The standard InChI is InChI=1S/C36H62O7Si2/c1-15-25(2)34(43-45(13,14)36(8,9)10)26(3)19-20-31(42-44(11,12)35(5,6)7)27(4)30(37)23-28-22-29(24-32(38)40-28)41-33-18-16-17-21-39-33/h15,19-20,22-24,26-27,31,33-34,37H,16-18,21H2,1-14H3/b20-19+,25-15+,30-23-/t26-,27-,31+,33?,34+/m0/s1. The molecule has 1 saturated heterocycles. The van der Waals surface area contributed by atoms with E-state index >= 15 is 0 Å². The Morgan fingerprint density at radius 2 is 1.58 bits per heavy atom. The molecule has 0 aromatic carbocycles. The van der Waals surface area contributed by atoms with Crippen LogP contribution in [0.25, 0.3) is 6.08 Å². The lowest BCUT2D eigenvalue weighted by Gasteiger charge is -2.41. The molecule has 1 aromatic rings. The third-order valence-corrected chi connectivity index (χ3v) is 18.8. The van der Waals surface area contributed by atoms with E-state index in [1.807, 2.05) is 6.92 Å². The van der Waals surface area contributed by atoms with Crippen molar-refractivity contribution in [2.24, 2.45) is 11.8 Å². The van der Waals surface area contributed by atoms with Crippen molar-refractivity contribution in [3.8, 4) is 5.75 Å². The zero-order valence-corrected chi connectivity index (χ0v) is 32.6. The largest absolute Gasteiger partial charge is 0.512 e. The Bertz CT molecular complexity index is 1240. The zero-order valence-electron chi connectivity index (χ0n) is 30.6. The second-order valence-electron chi connectivity index (χ2n) is 15.7. The first-order chi connectivity index (χ1) is 20.6. The van der Waals surface area contributed by atoms with Crippen LogP contribution < -0.4 is 10.4 Å². The van der Waals surface area contributed by atoms with Crippen LogP contribution >= 0.6 is 0 Å². The summed E-state index contributed by atoms with van der Waals surface area (Å²) in [5, 5.41) is 11.5. The quantitative estimate of drug-likeness (QED) is 0.128. The van der Waals surface area contributed by atoms with Gasteiger partial charge in [0.2, 0.25) is 0 Å². The molecule has 256 valence electrons. The minimum absolute atomic E-state index is 0.0288. The number of aliphatic hydroxyl groups is 1. The van der Waals surface area contributed by atoms with Gasteiger partial charge in [-0.2, -0.15) is 0 Å². The van der Waals surface area contributed by atoms with Crippen molar-refractivity contribution in [1.29, 1.82) is 0 Å². The number of ether oxygens (including phenoxy) is 2. The van der Waals surface area contributed by atoms with Crippen molar-refractivity contribution in [1.82, 2.24) is 0 Å². The van der Waals surface area contributed by atoms with Gasteiger partial charge < -0.3 is 27.8 Å². The monoisotopic (exact) mass is 662 g/mol. The Morgan fingerprint density at radius 3 is 2.11 bits per heavy atom. The summed E-state index contributed by atoms with van der Waals surface area (Å²) in [6.07, 6.45) is 9.79. The van der Waals surface area contributed by atoms with Crippen LogP contribution in [0.3, 0.4) is 0 Å². The number of hydrogen-bond acceptors (Lipinski definition) is 7. The Morgan fingerprint density at radius 1 is 0.978 bits per heavy atom. The van der Waals surface area contributed by atoms with Crippen molar-refractivity contribution < 1.29 is 27.8 Å². The predicted molar refractivity (Wildman–Crippen MR) is 191 cm³/mol. The lowest BCUT2D eigenvalue weighted by Crippen LogP contribution is -2.46. The van der Waals surface area contributed by atoms with Gasteiger partial charge in [-0.25, -0.2) is 4.79 Å². The second kappa shape index (κ2) is 15.8. The maximum atomic E-state index is 12.4. The Balaban J connectivity index is 2.43. The smallest absolute Gasteiger partial charge is 0.339 e. The van der Waals surface area contributed by atoms with E-state index in [1.54, 1.807) is 6.07 Å². The van der Waals surface area contributed by atoms with Gasteiger partial charge in [0.15, 0.2) is 22.9 Å². The molecule has 2 heterocycles. The first kappa shape index (κ1) is 39.3. The number of aliphatic hydroxyl groups excluding tert-OH is 1. The highest BCUT2D eigenvalue weighted by Crippen LogP contribution is 2.41. The van der Waals surface area contributed by atoms with Gasteiger partial charge in [-0.15, -0.1) is 0 Å². The number of allylic oxidation sites excluding steroid dienone is 1. The van der Waals surface area contributed by atoms with Gasteiger partial charge in [-0.05, 0) is 68.5 Å². The van der Waals surface area contributed by atoms with Crippen molar-refractivity contribution in [3.63, 3.8) is 0 Å². The molecule has 1 N–H and O–H groups in total. The summed E-state index contributed by atoms with van der Waals surface area (Å²) in [4.78, 5) is 12.4. The lowest BCUT2D eigenvalue weighted by atomic mass is 9.95. The molecular weight excluding hydrogens is 601 g/mol. The van der Waals surface area contributed by atoms with Crippen LogP contribution in [-0.2, 0) is 13.6 Å². The Labute approximate surface area is 275 Å². The zero-order chi connectivity index (χ0) is 34.4. The van der Waals surface area contributed by atoms with Crippen LogP contribution in [-0.4, -0.2) is 46.8 Å². The van der Waals surface area contributed by atoms with E-state index in [0.29, 0.717) is 12.4 Å². The van der Waals surface area contributed by atoms with Crippen molar-refractivity contribution in [2.75, 3.05) is 6.61 Å². The van der Waals surface area contributed by atoms with E-state index in [1.165, 1.54) is 17.7 Å². The molecule has 5 atom stereocenters. The van der Waals surface area contributed by atoms with Crippen molar-refractivity contribution in [3.05, 3.63) is 57.9 Å². The van der Waals surface area contributed by atoms with E-state index in [2.05, 4.69) is 107 Å². The summed E-state index contributed by atoms with van der Waals surface area (Å²) in [5.41, 5.74) is 0.648. The minimum atomic E-state index is -2.24. The SMILES string of the molecule is C/C=C(\C)[C@@H](O[Si](C)(C)C(C)(C)C)[C@@H](C)/C=C/[C@@H](O[Si](C)(C)C(C)(C)C)[C@@H](C)/C(O)=C/c1cc(OC2CCCCO2)cc(=O)o1. The molecule has 1 fully saturated rings. The normalized spacial score (nSPS) is 20.6. The van der Waals surface area contributed by atoms with E-state index in [4.69, 9.17) is 22.7 Å². The first-order valence-electron chi connectivity index (χ1n) is 16.6. The van der Waals surface area contributed by atoms with Gasteiger partial charge in [-0.1, -0.05) is 73.6 Å². The van der Waals surface area contributed by atoms with Crippen LogP contribution in [0.15, 0.2) is 50.9 Å². The molecule has 1 aromatic heterocycles. The van der Waals surface area contributed by atoms with Crippen LogP contribution in [0.1, 0.15) is 94.3 Å². The molecule has 0 radical (unpaired) electrons. The van der Waals surface area contributed by atoms with Crippen LogP contribution in [0.4, 0.5) is 0 Å². The molecule has 1 unspecified atom stereocenters. The van der Waals surface area contributed by atoms with Crippen LogP contribution in [0.5, 0.6) is 5.75 Å². The molecule has 1 aliphatic heterocycles. The molecule has 0 spiro atoms. The second-order valence-corrected chi connectivity index (χ2v) is 25.2. The molecule has 0 aliphatic carbocycles. The topological polar surface area (TPSA) is 87.4 Å². The van der Waals surface area contributed by atoms with Crippen LogP contribution in [0, 0.1) is 11.8 Å². The molecule has 7 nitrogen and oxygen atoms in total. The highest BCUT2D eigenvalue weighted by molar-refractivity contribution is 6.74. The van der Waals surface area contributed by atoms with Gasteiger partial charge in [0.25, 0.3) is 0 Å². The molecule has 1 aliphatic rings. The van der Waals surface area contributed by atoms with E-state index in [9.17, 15) is 9.90 Å². The molecule has 0 amide bonds. The van der Waals surface area contributed by atoms with E-state index < -0.39 is 40.6 Å². The predicted octanol–water partition coefficient (Wildman–Crippen LogP) is 10.0. The lowest BCUT2D eigenvalue weighted by molar-refractivity contribution is -0.106. The Hall–Kier alpha value is -1.92.